The minimum Gasteiger partial charge on any atom is -0.389 e. The first-order valence-electron chi connectivity index (χ1n) is 10.6. The minimum absolute atomic E-state index is 0.978. The van der Waals surface area contributed by atoms with Crippen molar-refractivity contribution in [2.45, 2.75) is 66.7 Å². The third kappa shape index (κ3) is 9.64. The Morgan fingerprint density at radius 1 is 1.18 bits per heavy atom. The smallest absolute Gasteiger partial charge is 0.0147 e. The Morgan fingerprint density at radius 2 is 1.93 bits per heavy atom. The zero-order chi connectivity index (χ0) is 20.9. The van der Waals surface area contributed by atoms with Gasteiger partial charge in [-0.1, -0.05) is 56.0 Å². The zero-order valence-electron chi connectivity index (χ0n) is 18.8. The Hall–Kier alpha value is -2.22. The quantitative estimate of drug-likeness (QED) is 0.396. The molecule has 0 unspecified atom stereocenters. The van der Waals surface area contributed by atoms with Gasteiger partial charge in [-0.05, 0) is 82.1 Å². The fourth-order valence-electron chi connectivity index (χ4n) is 3.01. The minimum atomic E-state index is 0.978. The van der Waals surface area contributed by atoms with E-state index in [0.717, 1.165) is 38.0 Å². The highest BCUT2D eigenvalue weighted by Gasteiger charge is 2.04. The highest BCUT2D eigenvalue weighted by Crippen LogP contribution is 2.16. The van der Waals surface area contributed by atoms with Crippen LogP contribution in [0.2, 0.25) is 0 Å². The van der Waals surface area contributed by atoms with Crippen LogP contribution in [0.15, 0.2) is 66.0 Å². The molecular weight excluding hydrogens is 340 g/mol. The third-order valence-corrected chi connectivity index (χ3v) is 5.10. The van der Waals surface area contributed by atoms with Gasteiger partial charge in [-0.25, -0.2) is 0 Å². The van der Waals surface area contributed by atoms with Gasteiger partial charge in [0.15, 0.2) is 0 Å². The first kappa shape index (κ1) is 23.8. The van der Waals surface area contributed by atoms with Gasteiger partial charge in [0.25, 0.3) is 0 Å². The van der Waals surface area contributed by atoms with E-state index in [9.17, 15) is 0 Å². The van der Waals surface area contributed by atoms with Crippen molar-refractivity contribution in [1.82, 2.24) is 10.6 Å². The molecule has 0 aromatic heterocycles. The molecule has 0 atom stereocenters. The van der Waals surface area contributed by atoms with Crippen LogP contribution in [-0.4, -0.2) is 13.1 Å². The van der Waals surface area contributed by atoms with E-state index in [2.05, 4.69) is 81.8 Å². The third-order valence-electron chi connectivity index (χ3n) is 5.10. The van der Waals surface area contributed by atoms with E-state index >= 15 is 0 Å². The molecule has 28 heavy (non-hydrogen) atoms. The summed E-state index contributed by atoms with van der Waals surface area (Å²) in [6.07, 6.45) is 10.1. The van der Waals surface area contributed by atoms with Crippen LogP contribution >= 0.6 is 0 Å². The van der Waals surface area contributed by atoms with Gasteiger partial charge in [-0.15, -0.1) is 0 Å². The summed E-state index contributed by atoms with van der Waals surface area (Å²) in [6, 6.07) is 6.64. The van der Waals surface area contributed by atoms with Gasteiger partial charge in [0.2, 0.25) is 0 Å². The molecule has 1 aromatic rings. The second-order valence-electron chi connectivity index (χ2n) is 7.75. The SMILES string of the molecule is C=C(/C=C\C1=C(C)NCCC1)CCCNC(=C)C.CCc1ccc(C)c(C)c1. The van der Waals surface area contributed by atoms with Gasteiger partial charge >= 0.3 is 0 Å². The van der Waals surface area contributed by atoms with Gasteiger partial charge < -0.3 is 10.6 Å². The van der Waals surface area contributed by atoms with Gasteiger partial charge in [0.1, 0.15) is 0 Å². The van der Waals surface area contributed by atoms with Gasteiger partial charge in [-0.2, -0.15) is 0 Å². The van der Waals surface area contributed by atoms with Crippen molar-refractivity contribution < 1.29 is 0 Å². The van der Waals surface area contributed by atoms with Crippen LogP contribution in [0.4, 0.5) is 0 Å². The lowest BCUT2D eigenvalue weighted by Crippen LogP contribution is -2.19. The number of benzene rings is 1. The summed E-state index contributed by atoms with van der Waals surface area (Å²) in [4.78, 5) is 0. The predicted molar refractivity (Wildman–Crippen MR) is 126 cm³/mol. The summed E-state index contributed by atoms with van der Waals surface area (Å²) < 4.78 is 0. The van der Waals surface area contributed by atoms with Crippen molar-refractivity contribution in [2.24, 2.45) is 0 Å². The van der Waals surface area contributed by atoms with Crippen molar-refractivity contribution in [3.05, 3.63) is 82.7 Å². The largest absolute Gasteiger partial charge is 0.389 e. The molecule has 0 aliphatic carbocycles. The fraction of sp³-hybridized carbons (Fsp3) is 0.462. The lowest BCUT2D eigenvalue weighted by atomic mass is 10.0. The lowest BCUT2D eigenvalue weighted by Gasteiger charge is -2.17. The first-order valence-corrected chi connectivity index (χ1v) is 10.6. The summed E-state index contributed by atoms with van der Waals surface area (Å²) in [6.45, 7) is 20.6. The highest BCUT2D eigenvalue weighted by molar-refractivity contribution is 5.31. The van der Waals surface area contributed by atoms with Gasteiger partial charge in [0, 0.05) is 24.5 Å². The Bertz CT molecular complexity index is 707. The summed E-state index contributed by atoms with van der Waals surface area (Å²) in [5, 5.41) is 6.63. The predicted octanol–water partition coefficient (Wildman–Crippen LogP) is 6.53. The average Bonchev–Trinajstić information content (AvgIpc) is 2.67. The Labute approximate surface area is 173 Å². The number of rotatable bonds is 8. The lowest BCUT2D eigenvalue weighted by molar-refractivity contribution is 0.671. The summed E-state index contributed by atoms with van der Waals surface area (Å²) >= 11 is 0. The molecule has 2 nitrogen and oxygen atoms in total. The topological polar surface area (TPSA) is 24.1 Å². The van der Waals surface area contributed by atoms with E-state index in [1.165, 1.54) is 46.4 Å². The highest BCUT2D eigenvalue weighted by atomic mass is 14.9. The summed E-state index contributed by atoms with van der Waals surface area (Å²) in [5.74, 6) is 0. The molecular formula is C26H40N2. The zero-order valence-corrected chi connectivity index (χ0v) is 18.8. The van der Waals surface area contributed by atoms with Crippen LogP contribution in [0.5, 0.6) is 0 Å². The average molecular weight is 381 g/mol. The molecule has 0 saturated heterocycles. The van der Waals surface area contributed by atoms with E-state index in [1.807, 2.05) is 6.92 Å². The molecule has 2 N–H and O–H groups in total. The number of hydrogen-bond acceptors (Lipinski definition) is 2. The maximum Gasteiger partial charge on any atom is 0.0147 e. The molecule has 0 radical (unpaired) electrons. The van der Waals surface area contributed by atoms with Crippen molar-refractivity contribution in [1.29, 1.82) is 0 Å². The molecule has 0 saturated carbocycles. The van der Waals surface area contributed by atoms with E-state index in [-0.39, 0.29) is 0 Å². The molecule has 1 aliphatic rings. The van der Waals surface area contributed by atoms with E-state index in [4.69, 9.17) is 0 Å². The monoisotopic (exact) mass is 380 g/mol. The van der Waals surface area contributed by atoms with Gasteiger partial charge in [-0.3, -0.25) is 0 Å². The fourth-order valence-corrected chi connectivity index (χ4v) is 3.01. The number of allylic oxidation sites excluding steroid dienone is 6. The van der Waals surface area contributed by atoms with E-state index in [0.29, 0.717) is 0 Å². The molecule has 2 rings (SSSR count). The van der Waals surface area contributed by atoms with Crippen molar-refractivity contribution in [3.63, 3.8) is 0 Å². The molecule has 1 heterocycles. The van der Waals surface area contributed by atoms with Crippen LogP contribution in [-0.2, 0) is 6.42 Å². The molecule has 0 bridgehead atoms. The van der Waals surface area contributed by atoms with Crippen LogP contribution in [0.3, 0.4) is 0 Å². The second kappa shape index (κ2) is 13.0. The van der Waals surface area contributed by atoms with Gasteiger partial charge in [0.05, 0.1) is 0 Å². The Balaban J connectivity index is 0.000000330. The normalized spacial score (nSPS) is 13.6. The second-order valence-corrected chi connectivity index (χ2v) is 7.75. The number of hydrogen-bond donors (Lipinski definition) is 2. The number of aryl methyl sites for hydroxylation is 3. The molecule has 2 heteroatoms. The standard InChI is InChI=1S/C16H26N2.C10H14/c1-13(2)17-11-5-7-14(3)9-10-16-8-6-12-18-15(16)4;1-4-10-6-5-8(2)9(3)7-10/h9-10,17-18H,1,3,5-8,11-12H2,2,4H3;5-7H,4H2,1-3H3/b10-9-;. The van der Waals surface area contributed by atoms with E-state index in [1.54, 1.807) is 0 Å². The van der Waals surface area contributed by atoms with Crippen molar-refractivity contribution >= 4 is 0 Å². The summed E-state index contributed by atoms with van der Waals surface area (Å²) in [7, 11) is 0. The summed E-state index contributed by atoms with van der Waals surface area (Å²) in [5.41, 5.74) is 9.19. The Kier molecular flexibility index (Phi) is 11.1. The molecule has 1 aromatic carbocycles. The maximum absolute atomic E-state index is 4.10. The Morgan fingerprint density at radius 3 is 2.54 bits per heavy atom. The molecule has 0 fully saturated rings. The first-order chi connectivity index (χ1) is 13.3. The molecule has 0 amide bonds. The molecule has 1 aliphatic heterocycles. The van der Waals surface area contributed by atoms with Crippen LogP contribution in [0.25, 0.3) is 0 Å². The van der Waals surface area contributed by atoms with Crippen LogP contribution < -0.4 is 10.6 Å². The molecule has 154 valence electrons. The van der Waals surface area contributed by atoms with Crippen LogP contribution in [0.1, 0.15) is 63.1 Å². The maximum atomic E-state index is 4.10. The van der Waals surface area contributed by atoms with Crippen molar-refractivity contribution in [3.8, 4) is 0 Å². The van der Waals surface area contributed by atoms with Crippen LogP contribution in [0, 0.1) is 13.8 Å². The van der Waals surface area contributed by atoms with E-state index < -0.39 is 0 Å². The van der Waals surface area contributed by atoms with Crippen molar-refractivity contribution in [2.75, 3.05) is 13.1 Å². The molecule has 0 spiro atoms. The number of nitrogens with one attached hydrogen (secondary N) is 2.